The molecule has 7 heteroatoms. The third-order valence-corrected chi connectivity index (χ3v) is 3.94. The maximum absolute atomic E-state index is 12.3. The summed E-state index contributed by atoms with van der Waals surface area (Å²) < 4.78 is 0.491. The van der Waals surface area contributed by atoms with Crippen LogP contribution < -0.4 is 11.2 Å². The molecule has 0 aliphatic rings. The van der Waals surface area contributed by atoms with Gasteiger partial charge in [0.1, 0.15) is 0 Å². The number of carbonyl (C=O) groups is 2. The molecule has 0 aromatic heterocycles. The predicted octanol–water partition coefficient (Wildman–Crippen LogP) is 2.11. The van der Waals surface area contributed by atoms with Crippen LogP contribution in [0.3, 0.4) is 0 Å². The molecule has 0 saturated heterocycles. The highest BCUT2D eigenvalue weighted by Crippen LogP contribution is 2.27. The van der Waals surface area contributed by atoms with Gasteiger partial charge in [-0.2, -0.15) is 0 Å². The topological polar surface area (TPSA) is 95.7 Å². The number of amides is 1. The summed E-state index contributed by atoms with van der Waals surface area (Å²) in [5.74, 6) is 4.82. The minimum absolute atomic E-state index is 0.283. The molecule has 24 heavy (non-hydrogen) atoms. The summed E-state index contributed by atoms with van der Waals surface area (Å²) in [5.41, 5.74) is 1.83. The normalized spacial score (nSPS) is 11.8. The van der Waals surface area contributed by atoms with Gasteiger partial charge in [-0.15, -0.1) is 0 Å². The second-order valence-corrected chi connectivity index (χ2v) is 5.80. The lowest BCUT2D eigenvalue weighted by atomic mass is 9.95. The number of hydrogen-bond donors (Lipinski definition) is 3. The van der Waals surface area contributed by atoms with Gasteiger partial charge in [0.25, 0.3) is 5.91 Å². The van der Waals surface area contributed by atoms with Crippen LogP contribution in [0.2, 0.25) is 0 Å². The van der Waals surface area contributed by atoms with Crippen molar-refractivity contribution in [3.63, 3.8) is 0 Å². The standard InChI is InChI=1S/C17H17N3O3S/c1-19-17(22)16(13-5-3-2-4-6-13)15(11-21)12-7-9-14(10-8-12)24-20(18)23/h2-11,23H,18H2,1H3,(H,19,22)/b16-15+. The van der Waals surface area contributed by atoms with Crippen molar-refractivity contribution in [3.8, 4) is 0 Å². The van der Waals surface area contributed by atoms with Crippen molar-refractivity contribution in [1.29, 1.82) is 0 Å². The smallest absolute Gasteiger partial charge is 0.252 e. The summed E-state index contributed by atoms with van der Waals surface area (Å²) in [6, 6.07) is 15.8. The lowest BCUT2D eigenvalue weighted by Crippen LogP contribution is -2.20. The largest absolute Gasteiger partial charge is 0.355 e. The molecule has 0 unspecified atom stereocenters. The second kappa shape index (κ2) is 8.42. The van der Waals surface area contributed by atoms with Crippen LogP contribution in [-0.4, -0.2) is 29.0 Å². The molecule has 2 aromatic carbocycles. The molecule has 124 valence electrons. The van der Waals surface area contributed by atoms with Gasteiger partial charge in [0, 0.05) is 29.5 Å². The first kappa shape index (κ1) is 17.9. The number of rotatable bonds is 6. The minimum Gasteiger partial charge on any atom is -0.355 e. The highest BCUT2D eigenvalue weighted by Gasteiger charge is 2.17. The Morgan fingerprint density at radius 1 is 1.12 bits per heavy atom. The van der Waals surface area contributed by atoms with Gasteiger partial charge in [0.05, 0.1) is 5.57 Å². The zero-order valence-electron chi connectivity index (χ0n) is 13.0. The summed E-state index contributed by atoms with van der Waals surface area (Å²) in [7, 11) is 1.52. The molecule has 2 aromatic rings. The Labute approximate surface area is 144 Å². The van der Waals surface area contributed by atoms with Crippen LogP contribution in [0.15, 0.2) is 59.5 Å². The summed E-state index contributed by atoms with van der Waals surface area (Å²) in [5, 5.41) is 11.6. The molecule has 0 heterocycles. The molecule has 0 atom stereocenters. The lowest BCUT2D eigenvalue weighted by molar-refractivity contribution is -0.115. The van der Waals surface area contributed by atoms with E-state index in [0.717, 1.165) is 11.9 Å². The number of carbonyl (C=O) groups excluding carboxylic acids is 2. The first-order chi connectivity index (χ1) is 11.6. The number of likely N-dealkylation sites (N-methyl/N-ethyl adjacent to an activating group) is 1. The fourth-order valence-electron chi connectivity index (χ4n) is 2.21. The van der Waals surface area contributed by atoms with E-state index in [0.29, 0.717) is 32.5 Å². The van der Waals surface area contributed by atoms with Gasteiger partial charge < -0.3 is 5.32 Å². The highest BCUT2D eigenvalue weighted by atomic mass is 32.2. The van der Waals surface area contributed by atoms with Gasteiger partial charge in [-0.25, -0.2) is 5.84 Å². The van der Waals surface area contributed by atoms with Crippen LogP contribution in [-0.2, 0) is 9.59 Å². The molecule has 0 aliphatic heterocycles. The van der Waals surface area contributed by atoms with Crippen molar-refractivity contribution in [1.82, 2.24) is 9.89 Å². The molecule has 0 radical (unpaired) electrons. The van der Waals surface area contributed by atoms with Crippen LogP contribution in [0.25, 0.3) is 11.1 Å². The number of aldehydes is 1. The van der Waals surface area contributed by atoms with Gasteiger partial charge in [-0.1, -0.05) is 47.0 Å². The Kier molecular flexibility index (Phi) is 6.28. The zero-order valence-corrected chi connectivity index (χ0v) is 13.8. The van der Waals surface area contributed by atoms with Gasteiger partial charge in [-0.3, -0.25) is 14.8 Å². The van der Waals surface area contributed by atoms with E-state index < -0.39 is 0 Å². The van der Waals surface area contributed by atoms with Crippen LogP contribution in [0.1, 0.15) is 11.1 Å². The lowest BCUT2D eigenvalue weighted by Gasteiger charge is -2.12. The number of nitrogens with two attached hydrogens (primary N) is 1. The zero-order chi connectivity index (χ0) is 17.5. The number of hydrazine groups is 1. The third-order valence-electron chi connectivity index (χ3n) is 3.27. The van der Waals surface area contributed by atoms with E-state index in [4.69, 9.17) is 11.0 Å². The molecular formula is C17H17N3O3S. The molecule has 0 aliphatic carbocycles. The van der Waals surface area contributed by atoms with E-state index in [2.05, 4.69) is 5.32 Å². The minimum atomic E-state index is -0.342. The number of benzene rings is 2. The van der Waals surface area contributed by atoms with E-state index in [-0.39, 0.29) is 11.5 Å². The van der Waals surface area contributed by atoms with Crippen molar-refractivity contribution in [2.45, 2.75) is 4.90 Å². The van der Waals surface area contributed by atoms with Crippen molar-refractivity contribution >= 4 is 35.3 Å². The average molecular weight is 343 g/mol. The molecular weight excluding hydrogens is 326 g/mol. The monoisotopic (exact) mass is 343 g/mol. The molecule has 6 nitrogen and oxygen atoms in total. The second-order valence-electron chi connectivity index (χ2n) is 4.77. The van der Waals surface area contributed by atoms with Crippen LogP contribution >= 0.6 is 11.9 Å². The first-order valence-electron chi connectivity index (χ1n) is 7.06. The van der Waals surface area contributed by atoms with E-state index in [1.54, 1.807) is 48.5 Å². The number of nitrogens with one attached hydrogen (secondary N) is 1. The molecule has 1 amide bonds. The number of nitrogens with zero attached hydrogens (tertiary/aromatic N) is 1. The Morgan fingerprint density at radius 3 is 2.25 bits per heavy atom. The van der Waals surface area contributed by atoms with E-state index in [1.807, 2.05) is 6.07 Å². The summed E-state index contributed by atoms with van der Waals surface area (Å²) in [4.78, 5) is 24.7. The van der Waals surface area contributed by atoms with Gasteiger partial charge >= 0.3 is 0 Å². The molecule has 0 saturated carbocycles. The third kappa shape index (κ3) is 4.30. The van der Waals surface area contributed by atoms with Gasteiger partial charge in [0.2, 0.25) is 0 Å². The van der Waals surface area contributed by atoms with Crippen LogP contribution in [0, 0.1) is 0 Å². The molecule has 4 N–H and O–H groups in total. The maximum atomic E-state index is 12.3. The van der Waals surface area contributed by atoms with Crippen molar-refractivity contribution in [3.05, 3.63) is 65.7 Å². The highest BCUT2D eigenvalue weighted by molar-refractivity contribution is 7.96. The van der Waals surface area contributed by atoms with Gasteiger partial charge in [-0.05, 0) is 23.3 Å². The van der Waals surface area contributed by atoms with Crippen molar-refractivity contribution in [2.75, 3.05) is 7.05 Å². The van der Waals surface area contributed by atoms with Crippen molar-refractivity contribution in [2.24, 2.45) is 5.84 Å². The Hall–Kier alpha value is -2.45. The molecule has 0 bridgehead atoms. The Morgan fingerprint density at radius 2 is 1.75 bits per heavy atom. The molecule has 0 fully saturated rings. The molecule has 2 rings (SSSR count). The Bertz CT molecular complexity index is 743. The SMILES string of the molecule is CNC(=O)/C(=C(\C=O)c1ccc(SN(N)O)cc1)c1ccccc1. The average Bonchev–Trinajstić information content (AvgIpc) is 2.60. The van der Waals surface area contributed by atoms with Crippen LogP contribution in [0.5, 0.6) is 0 Å². The summed E-state index contributed by atoms with van der Waals surface area (Å²) >= 11 is 0.925. The van der Waals surface area contributed by atoms with E-state index in [9.17, 15) is 9.59 Å². The predicted molar refractivity (Wildman–Crippen MR) is 93.5 cm³/mol. The van der Waals surface area contributed by atoms with E-state index in [1.165, 1.54) is 7.05 Å². The number of allylic oxidation sites excluding steroid dienone is 1. The number of hydrogen-bond acceptors (Lipinski definition) is 6. The first-order valence-corrected chi connectivity index (χ1v) is 7.83. The van der Waals surface area contributed by atoms with Gasteiger partial charge in [0.15, 0.2) is 6.29 Å². The quantitative estimate of drug-likeness (QED) is 0.186. The summed E-state index contributed by atoms with van der Waals surface area (Å²) in [6.07, 6.45) is 0.668. The van der Waals surface area contributed by atoms with Crippen molar-refractivity contribution < 1.29 is 14.8 Å². The fraction of sp³-hybridized carbons (Fsp3) is 0.0588. The Balaban J connectivity index is 2.53. The summed E-state index contributed by atoms with van der Waals surface area (Å²) in [6.45, 7) is 0. The fourth-order valence-corrected chi connectivity index (χ4v) is 2.69. The van der Waals surface area contributed by atoms with E-state index >= 15 is 0 Å². The van der Waals surface area contributed by atoms with Crippen LogP contribution in [0.4, 0.5) is 0 Å². The molecule has 0 spiro atoms. The maximum Gasteiger partial charge on any atom is 0.252 e.